The summed E-state index contributed by atoms with van der Waals surface area (Å²) >= 11 is 0. The van der Waals surface area contributed by atoms with Crippen molar-refractivity contribution >= 4 is 5.91 Å². The predicted molar refractivity (Wildman–Crippen MR) is 96.9 cm³/mol. The van der Waals surface area contributed by atoms with Crippen molar-refractivity contribution in [3.05, 3.63) is 48.6 Å². The predicted octanol–water partition coefficient (Wildman–Crippen LogP) is 3.53. The molecule has 1 saturated heterocycles. The molecule has 1 amide bonds. The van der Waals surface area contributed by atoms with Crippen LogP contribution in [0.2, 0.25) is 0 Å². The van der Waals surface area contributed by atoms with E-state index in [9.17, 15) is 4.79 Å². The minimum absolute atomic E-state index is 0.171. The Balaban J connectivity index is 1.51. The molecule has 0 spiro atoms. The number of nitrogens with zero attached hydrogens (tertiary/aromatic N) is 3. The number of nitrogens with one attached hydrogen (secondary N) is 1. The van der Waals surface area contributed by atoms with Gasteiger partial charge in [-0.3, -0.25) is 14.9 Å². The van der Waals surface area contributed by atoms with Crippen LogP contribution in [0.1, 0.15) is 43.7 Å². The van der Waals surface area contributed by atoms with Gasteiger partial charge in [0.1, 0.15) is 0 Å². The third-order valence-corrected chi connectivity index (χ3v) is 5.42. The van der Waals surface area contributed by atoms with E-state index in [1.54, 1.807) is 12.4 Å². The Morgan fingerprint density at radius 1 is 1.20 bits per heavy atom. The number of carbonyl (C=O) groups excluding carboxylic acids is 1. The van der Waals surface area contributed by atoms with Gasteiger partial charge in [0.2, 0.25) is 5.91 Å². The van der Waals surface area contributed by atoms with Gasteiger partial charge < -0.3 is 4.90 Å². The molecule has 2 aromatic heterocycles. The lowest BCUT2D eigenvalue weighted by atomic mass is 9.88. The summed E-state index contributed by atoms with van der Waals surface area (Å²) in [6.07, 6.45) is 14.9. The van der Waals surface area contributed by atoms with Gasteiger partial charge in [0.05, 0.1) is 6.20 Å². The summed E-state index contributed by atoms with van der Waals surface area (Å²) in [6, 6.07) is 4.02. The fourth-order valence-corrected chi connectivity index (χ4v) is 4.06. The maximum Gasteiger partial charge on any atom is 0.226 e. The molecule has 0 radical (unpaired) electrons. The number of pyridine rings is 1. The second kappa shape index (κ2) is 7.21. The molecule has 0 saturated carbocycles. The number of hydrogen-bond donors (Lipinski definition) is 1. The fourth-order valence-electron chi connectivity index (χ4n) is 4.06. The molecule has 2 aromatic rings. The summed E-state index contributed by atoms with van der Waals surface area (Å²) in [5, 5.41) is 7.47. The molecular weight excluding hydrogens is 312 g/mol. The van der Waals surface area contributed by atoms with Crippen LogP contribution in [0.4, 0.5) is 0 Å². The Bertz CT molecular complexity index is 752. The fraction of sp³-hybridized carbons (Fsp3) is 0.450. The molecule has 130 valence electrons. The first-order valence-electron chi connectivity index (χ1n) is 9.20. The van der Waals surface area contributed by atoms with Crippen molar-refractivity contribution in [1.29, 1.82) is 0 Å². The van der Waals surface area contributed by atoms with Crippen molar-refractivity contribution in [2.75, 3.05) is 13.1 Å². The van der Waals surface area contributed by atoms with Crippen LogP contribution < -0.4 is 0 Å². The van der Waals surface area contributed by atoms with E-state index in [1.165, 1.54) is 0 Å². The number of aromatic nitrogens is 3. The first-order valence-corrected chi connectivity index (χ1v) is 9.20. The van der Waals surface area contributed by atoms with Crippen LogP contribution in [0.15, 0.2) is 42.9 Å². The summed E-state index contributed by atoms with van der Waals surface area (Å²) < 4.78 is 0. The molecule has 4 rings (SSSR count). The molecule has 0 bridgehead atoms. The standard InChI is InChI=1S/C20H24N4O/c25-20(16-5-2-1-3-6-16)24-12-4-7-17(14-24)19-18(13-22-23-19)15-8-10-21-11-9-15/h1-2,8-11,13,16-17H,3-7,12,14H2,(H,22,23)/t16-,17-/m1/s1. The number of H-pyrrole nitrogens is 1. The third kappa shape index (κ3) is 3.36. The number of carbonyl (C=O) groups is 1. The van der Waals surface area contributed by atoms with Crippen molar-refractivity contribution in [3.63, 3.8) is 0 Å². The van der Waals surface area contributed by atoms with Crippen molar-refractivity contribution in [1.82, 2.24) is 20.1 Å². The van der Waals surface area contributed by atoms with Gasteiger partial charge in [0, 0.05) is 48.6 Å². The molecule has 1 fully saturated rings. The molecule has 2 aliphatic rings. The van der Waals surface area contributed by atoms with Crippen molar-refractivity contribution in [2.45, 2.75) is 38.0 Å². The molecule has 5 nitrogen and oxygen atoms in total. The van der Waals surface area contributed by atoms with E-state index in [1.807, 2.05) is 18.3 Å². The molecule has 0 aromatic carbocycles. The highest BCUT2D eigenvalue weighted by molar-refractivity contribution is 5.79. The minimum Gasteiger partial charge on any atom is -0.342 e. The zero-order valence-electron chi connectivity index (χ0n) is 14.4. The largest absolute Gasteiger partial charge is 0.342 e. The summed E-state index contributed by atoms with van der Waals surface area (Å²) in [7, 11) is 0. The van der Waals surface area contributed by atoms with E-state index in [0.717, 1.165) is 62.0 Å². The maximum atomic E-state index is 12.9. The highest BCUT2D eigenvalue weighted by Crippen LogP contribution is 2.33. The zero-order chi connectivity index (χ0) is 17.1. The van der Waals surface area contributed by atoms with Gasteiger partial charge in [-0.05, 0) is 49.8 Å². The Labute approximate surface area is 148 Å². The van der Waals surface area contributed by atoms with Gasteiger partial charge in [-0.15, -0.1) is 0 Å². The highest BCUT2D eigenvalue weighted by Gasteiger charge is 2.31. The average molecular weight is 336 g/mol. The molecule has 3 heterocycles. The molecule has 2 atom stereocenters. The minimum atomic E-state index is 0.171. The number of amides is 1. The number of allylic oxidation sites excluding steroid dienone is 2. The normalized spacial score (nSPS) is 23.6. The molecule has 1 N–H and O–H groups in total. The summed E-state index contributed by atoms with van der Waals surface area (Å²) in [6.45, 7) is 1.67. The van der Waals surface area contributed by atoms with Crippen molar-refractivity contribution in [2.24, 2.45) is 5.92 Å². The molecular formula is C20H24N4O. The van der Waals surface area contributed by atoms with Crippen molar-refractivity contribution < 1.29 is 4.79 Å². The van der Waals surface area contributed by atoms with Crippen LogP contribution in [0.5, 0.6) is 0 Å². The van der Waals surface area contributed by atoms with Gasteiger partial charge in [-0.1, -0.05) is 12.2 Å². The lowest BCUT2D eigenvalue weighted by Crippen LogP contribution is -2.42. The lowest BCUT2D eigenvalue weighted by molar-refractivity contribution is -0.137. The van der Waals surface area contributed by atoms with E-state index in [0.29, 0.717) is 11.8 Å². The first-order chi connectivity index (χ1) is 12.3. The van der Waals surface area contributed by atoms with E-state index in [4.69, 9.17) is 0 Å². The number of aromatic amines is 1. The smallest absolute Gasteiger partial charge is 0.226 e. The summed E-state index contributed by atoms with van der Waals surface area (Å²) in [5.74, 6) is 0.826. The summed E-state index contributed by atoms with van der Waals surface area (Å²) in [5.41, 5.74) is 3.40. The molecule has 0 unspecified atom stereocenters. The van der Waals surface area contributed by atoms with Crippen LogP contribution >= 0.6 is 0 Å². The van der Waals surface area contributed by atoms with Crippen LogP contribution in [-0.4, -0.2) is 39.1 Å². The second-order valence-electron chi connectivity index (χ2n) is 7.04. The molecule has 1 aliphatic heterocycles. The first kappa shape index (κ1) is 16.1. The average Bonchev–Trinajstić information content (AvgIpc) is 3.19. The maximum absolute atomic E-state index is 12.9. The Kier molecular flexibility index (Phi) is 4.63. The van der Waals surface area contributed by atoms with Gasteiger partial charge >= 0.3 is 0 Å². The monoisotopic (exact) mass is 336 g/mol. The lowest BCUT2D eigenvalue weighted by Gasteiger charge is -2.35. The number of hydrogen-bond acceptors (Lipinski definition) is 3. The zero-order valence-corrected chi connectivity index (χ0v) is 14.4. The van der Waals surface area contributed by atoms with Gasteiger partial charge in [0.15, 0.2) is 0 Å². The third-order valence-electron chi connectivity index (χ3n) is 5.42. The van der Waals surface area contributed by atoms with Gasteiger partial charge in [-0.25, -0.2) is 0 Å². The van der Waals surface area contributed by atoms with Crippen LogP contribution in [0.3, 0.4) is 0 Å². The number of rotatable bonds is 3. The van der Waals surface area contributed by atoms with E-state index in [-0.39, 0.29) is 5.92 Å². The second-order valence-corrected chi connectivity index (χ2v) is 7.04. The Morgan fingerprint density at radius 3 is 2.88 bits per heavy atom. The van der Waals surface area contributed by atoms with E-state index >= 15 is 0 Å². The van der Waals surface area contributed by atoms with Crippen LogP contribution in [-0.2, 0) is 4.79 Å². The topological polar surface area (TPSA) is 61.9 Å². The molecule has 5 heteroatoms. The Hall–Kier alpha value is -2.43. The Morgan fingerprint density at radius 2 is 2.08 bits per heavy atom. The SMILES string of the molecule is O=C([C@@H]1CC=CCC1)N1CCC[C@@H](c2[nH]ncc2-c2ccncc2)C1. The quantitative estimate of drug-likeness (QED) is 0.872. The van der Waals surface area contributed by atoms with Crippen LogP contribution in [0.25, 0.3) is 11.1 Å². The van der Waals surface area contributed by atoms with Crippen LogP contribution in [0, 0.1) is 5.92 Å². The van der Waals surface area contributed by atoms with E-state index in [2.05, 4.69) is 32.2 Å². The summed E-state index contributed by atoms with van der Waals surface area (Å²) in [4.78, 5) is 19.1. The van der Waals surface area contributed by atoms with Gasteiger partial charge in [-0.2, -0.15) is 5.10 Å². The number of piperidine rings is 1. The number of likely N-dealkylation sites (tertiary alicyclic amines) is 1. The van der Waals surface area contributed by atoms with Crippen molar-refractivity contribution in [3.8, 4) is 11.1 Å². The van der Waals surface area contributed by atoms with Gasteiger partial charge in [0.25, 0.3) is 0 Å². The van der Waals surface area contributed by atoms with E-state index < -0.39 is 0 Å². The highest BCUT2D eigenvalue weighted by atomic mass is 16.2. The molecule has 25 heavy (non-hydrogen) atoms. The molecule has 1 aliphatic carbocycles.